The van der Waals surface area contributed by atoms with Gasteiger partial charge in [0.05, 0.1) is 21.9 Å². The average molecular weight is 357 g/mol. The van der Waals surface area contributed by atoms with E-state index in [1.807, 2.05) is 6.92 Å². The molecule has 128 valence electrons. The first-order chi connectivity index (χ1) is 12.0. The third-order valence-electron chi connectivity index (χ3n) is 4.68. The summed E-state index contributed by atoms with van der Waals surface area (Å²) in [5, 5.41) is 11.3. The Morgan fingerprint density at radius 1 is 1.24 bits per heavy atom. The maximum absolute atomic E-state index is 12.7. The number of carbonyl (C=O) groups is 2. The quantitative estimate of drug-likeness (QED) is 0.599. The van der Waals surface area contributed by atoms with Gasteiger partial charge < -0.3 is 0 Å². The monoisotopic (exact) mass is 357 g/mol. The summed E-state index contributed by atoms with van der Waals surface area (Å²) in [5.41, 5.74) is 1.99. The van der Waals surface area contributed by atoms with E-state index in [1.54, 1.807) is 17.0 Å². The lowest BCUT2D eigenvalue weighted by Gasteiger charge is -2.35. The zero-order valence-electron chi connectivity index (χ0n) is 13.5. The van der Waals surface area contributed by atoms with Gasteiger partial charge >= 0.3 is 0 Å². The van der Waals surface area contributed by atoms with Crippen LogP contribution in [-0.2, 0) is 9.59 Å². The van der Waals surface area contributed by atoms with E-state index in [2.05, 4.69) is 4.99 Å². The molecule has 0 N–H and O–H groups in total. The van der Waals surface area contributed by atoms with Gasteiger partial charge in [-0.3, -0.25) is 24.6 Å². The summed E-state index contributed by atoms with van der Waals surface area (Å²) >= 11 is 1.39. The van der Waals surface area contributed by atoms with Gasteiger partial charge in [-0.1, -0.05) is 11.8 Å². The number of allylic oxidation sites excluding steroid dienone is 1. The van der Waals surface area contributed by atoms with Crippen LogP contribution in [-0.4, -0.2) is 31.9 Å². The number of nitrogens with zero attached hydrogens (tertiary/aromatic N) is 3. The van der Waals surface area contributed by atoms with Crippen LogP contribution in [0.4, 0.5) is 5.69 Å². The van der Waals surface area contributed by atoms with Crippen LogP contribution in [0.25, 0.3) is 0 Å². The van der Waals surface area contributed by atoms with Crippen LogP contribution >= 0.6 is 11.8 Å². The second-order valence-corrected chi connectivity index (χ2v) is 7.56. The second-order valence-electron chi connectivity index (χ2n) is 6.25. The van der Waals surface area contributed by atoms with E-state index in [0.717, 1.165) is 12.1 Å². The number of thioether (sulfide) groups is 1. The summed E-state index contributed by atoms with van der Waals surface area (Å²) in [4.78, 5) is 41.8. The third-order valence-corrected chi connectivity index (χ3v) is 5.74. The average Bonchev–Trinajstić information content (AvgIpc) is 2.87. The van der Waals surface area contributed by atoms with Crippen LogP contribution in [0.15, 0.2) is 40.5 Å². The minimum Gasteiger partial charge on any atom is -0.294 e. The first-order valence-corrected chi connectivity index (χ1v) is 8.94. The van der Waals surface area contributed by atoms with Crippen molar-refractivity contribution in [3.05, 3.63) is 51.2 Å². The summed E-state index contributed by atoms with van der Waals surface area (Å²) < 4.78 is 0. The van der Waals surface area contributed by atoms with Crippen molar-refractivity contribution in [2.45, 2.75) is 37.5 Å². The number of nitro benzene ring substituents is 1. The van der Waals surface area contributed by atoms with Gasteiger partial charge in [0, 0.05) is 24.1 Å². The number of Topliss-reactive ketones (excluding diaryl/α,β-unsaturated/α-hetero) is 1. The summed E-state index contributed by atoms with van der Waals surface area (Å²) in [6.45, 7) is 1.82. The van der Waals surface area contributed by atoms with Crippen molar-refractivity contribution >= 4 is 34.3 Å². The van der Waals surface area contributed by atoms with Gasteiger partial charge in [0.1, 0.15) is 0 Å². The number of amides is 1. The van der Waals surface area contributed by atoms with Gasteiger partial charge in [0.25, 0.3) is 5.69 Å². The molecule has 0 bridgehead atoms. The van der Waals surface area contributed by atoms with Crippen LogP contribution in [0.2, 0.25) is 0 Å². The van der Waals surface area contributed by atoms with Gasteiger partial charge in [-0.2, -0.15) is 0 Å². The van der Waals surface area contributed by atoms with E-state index >= 15 is 0 Å². The van der Waals surface area contributed by atoms with Crippen molar-refractivity contribution in [2.24, 2.45) is 4.99 Å². The molecule has 0 radical (unpaired) electrons. The van der Waals surface area contributed by atoms with Gasteiger partial charge in [-0.25, -0.2) is 4.99 Å². The highest BCUT2D eigenvalue weighted by atomic mass is 32.2. The highest BCUT2D eigenvalue weighted by molar-refractivity contribution is 8.15. The van der Waals surface area contributed by atoms with Crippen molar-refractivity contribution in [3.8, 4) is 0 Å². The van der Waals surface area contributed by atoms with Crippen molar-refractivity contribution in [1.29, 1.82) is 0 Å². The lowest BCUT2D eigenvalue weighted by atomic mass is 9.85. The Labute approximate surface area is 147 Å². The van der Waals surface area contributed by atoms with Crippen molar-refractivity contribution in [3.63, 3.8) is 0 Å². The van der Waals surface area contributed by atoms with E-state index in [1.165, 1.54) is 23.9 Å². The van der Waals surface area contributed by atoms with Crippen LogP contribution in [0.3, 0.4) is 0 Å². The molecule has 1 amide bonds. The highest BCUT2D eigenvalue weighted by Crippen LogP contribution is 2.45. The predicted octanol–water partition coefficient (Wildman–Crippen LogP) is 2.98. The molecule has 0 aromatic heterocycles. The summed E-state index contributed by atoms with van der Waals surface area (Å²) in [5.74, 6) is -0.0817. The molecular formula is C17H15N3O4S. The maximum atomic E-state index is 12.7. The molecule has 8 heteroatoms. The number of rotatable bonds is 2. The molecule has 1 saturated heterocycles. The summed E-state index contributed by atoms with van der Waals surface area (Å²) in [6.07, 6.45) is 1.92. The van der Waals surface area contributed by atoms with Gasteiger partial charge in [-0.05, 0) is 37.5 Å². The van der Waals surface area contributed by atoms with Gasteiger partial charge in [0.2, 0.25) is 5.91 Å². The molecule has 0 spiro atoms. The molecule has 1 fully saturated rings. The molecule has 1 aromatic rings. The molecule has 1 aromatic carbocycles. The van der Waals surface area contributed by atoms with Crippen molar-refractivity contribution in [2.75, 3.05) is 0 Å². The van der Waals surface area contributed by atoms with E-state index in [-0.39, 0.29) is 22.6 Å². The molecule has 2 atom stereocenters. The molecule has 4 rings (SSSR count). The van der Waals surface area contributed by atoms with Crippen molar-refractivity contribution in [1.82, 2.24) is 4.90 Å². The zero-order valence-corrected chi connectivity index (χ0v) is 14.3. The van der Waals surface area contributed by atoms with Gasteiger partial charge in [-0.15, -0.1) is 0 Å². The molecule has 3 aliphatic rings. The number of hydrogen-bond acceptors (Lipinski definition) is 6. The number of nitro groups is 1. The smallest absolute Gasteiger partial charge is 0.269 e. The Kier molecular flexibility index (Phi) is 3.72. The van der Waals surface area contributed by atoms with Crippen LogP contribution in [0.1, 0.15) is 37.8 Å². The minimum atomic E-state index is -0.541. The number of fused-ring (bicyclic) bond motifs is 1. The third kappa shape index (κ3) is 2.48. The Hall–Kier alpha value is -2.48. The molecule has 25 heavy (non-hydrogen) atoms. The fourth-order valence-corrected chi connectivity index (χ4v) is 4.49. The predicted molar refractivity (Wildman–Crippen MR) is 93.1 cm³/mol. The topological polar surface area (TPSA) is 92.9 Å². The minimum absolute atomic E-state index is 0.00440. The lowest BCUT2D eigenvalue weighted by molar-refractivity contribution is -0.384. The highest BCUT2D eigenvalue weighted by Gasteiger charge is 2.46. The molecule has 2 unspecified atom stereocenters. The first-order valence-electron chi connectivity index (χ1n) is 8.06. The number of amidine groups is 1. The standard InChI is InChI=1S/C17H15N3O4S/c1-9-16(22)19-15(10-5-7-11(8-6-10)20(23)24)14-12(18-17(19)25-9)3-2-4-13(14)21/h5-9,15H,2-4H2,1H3. The molecule has 2 heterocycles. The van der Waals surface area contributed by atoms with E-state index in [0.29, 0.717) is 29.1 Å². The SMILES string of the molecule is CC1SC2=NC3=C(C(=O)CCC3)C(c3ccc([N+](=O)[O-])cc3)N2C1=O. The number of hydrogen-bond donors (Lipinski definition) is 0. The number of aliphatic imine (C=N–C) groups is 1. The first kappa shape index (κ1) is 16.0. The normalized spacial score (nSPS) is 25.6. The number of carbonyl (C=O) groups excluding carboxylic acids is 2. The Bertz CT molecular complexity index is 859. The second kappa shape index (κ2) is 5.80. The fraction of sp³-hybridized carbons (Fsp3) is 0.353. The summed E-state index contributed by atoms with van der Waals surface area (Å²) in [7, 11) is 0. The number of non-ortho nitro benzene ring substituents is 1. The van der Waals surface area contributed by atoms with Crippen LogP contribution in [0, 0.1) is 10.1 Å². The molecule has 0 saturated carbocycles. The molecule has 7 nitrogen and oxygen atoms in total. The number of benzene rings is 1. The van der Waals surface area contributed by atoms with Crippen LogP contribution < -0.4 is 0 Å². The Balaban J connectivity index is 1.85. The fourth-order valence-electron chi connectivity index (χ4n) is 3.49. The lowest BCUT2D eigenvalue weighted by Crippen LogP contribution is -2.41. The van der Waals surface area contributed by atoms with Gasteiger partial charge in [0.15, 0.2) is 11.0 Å². The Morgan fingerprint density at radius 3 is 2.64 bits per heavy atom. The summed E-state index contributed by atoms with van der Waals surface area (Å²) in [6, 6.07) is 5.52. The van der Waals surface area contributed by atoms with E-state index in [9.17, 15) is 19.7 Å². The molecule has 2 aliphatic heterocycles. The molecular weight excluding hydrogens is 342 g/mol. The van der Waals surface area contributed by atoms with Crippen LogP contribution in [0.5, 0.6) is 0 Å². The molecule has 1 aliphatic carbocycles. The van der Waals surface area contributed by atoms with E-state index in [4.69, 9.17) is 0 Å². The Morgan fingerprint density at radius 2 is 1.96 bits per heavy atom. The largest absolute Gasteiger partial charge is 0.294 e. The van der Waals surface area contributed by atoms with Crippen molar-refractivity contribution < 1.29 is 14.5 Å². The zero-order chi connectivity index (χ0) is 17.7. The van der Waals surface area contributed by atoms with E-state index < -0.39 is 11.0 Å². The maximum Gasteiger partial charge on any atom is 0.269 e. The number of ketones is 1.